The second kappa shape index (κ2) is 8.68. The number of hydrogen-bond acceptors (Lipinski definition) is 6. The van der Waals surface area contributed by atoms with Crippen LogP contribution in [0.2, 0.25) is 0 Å². The van der Waals surface area contributed by atoms with Gasteiger partial charge in [0.15, 0.2) is 0 Å². The van der Waals surface area contributed by atoms with Crippen molar-refractivity contribution in [3.63, 3.8) is 0 Å². The molecule has 0 radical (unpaired) electrons. The number of pyridine rings is 1. The van der Waals surface area contributed by atoms with Crippen LogP contribution in [0.25, 0.3) is 22.0 Å². The van der Waals surface area contributed by atoms with Crippen LogP contribution in [0.1, 0.15) is 17.5 Å². The molecule has 2 aromatic heterocycles. The number of amides is 1. The van der Waals surface area contributed by atoms with Crippen LogP contribution in [0.15, 0.2) is 37.1 Å². The number of likely N-dealkylation sites (tertiary alicyclic amines) is 1. The molecule has 1 aromatic carbocycles. The molecule has 8 nitrogen and oxygen atoms in total. The zero-order valence-electron chi connectivity index (χ0n) is 20.6. The quantitative estimate of drug-likeness (QED) is 0.455. The highest BCUT2D eigenvalue weighted by Crippen LogP contribution is 2.44. The Kier molecular flexibility index (Phi) is 5.45. The monoisotopic (exact) mass is 482 g/mol. The zero-order chi connectivity index (χ0) is 24.9. The van der Waals surface area contributed by atoms with Gasteiger partial charge in [-0.1, -0.05) is 18.6 Å². The normalized spacial score (nSPS) is 18.9. The summed E-state index contributed by atoms with van der Waals surface area (Å²) in [6, 6.07) is 6.30. The van der Waals surface area contributed by atoms with Gasteiger partial charge in [-0.15, -0.1) is 6.42 Å². The van der Waals surface area contributed by atoms with Gasteiger partial charge in [-0.25, -0.2) is 4.98 Å². The molecule has 0 bridgehead atoms. The fourth-order valence-electron chi connectivity index (χ4n) is 5.95. The van der Waals surface area contributed by atoms with E-state index in [2.05, 4.69) is 57.6 Å². The fourth-order valence-corrected chi connectivity index (χ4v) is 5.95. The minimum Gasteiger partial charge on any atom is -0.378 e. The summed E-state index contributed by atoms with van der Waals surface area (Å²) >= 11 is 0. The number of carbonyl (C=O) groups is 1. The number of morpholine rings is 1. The van der Waals surface area contributed by atoms with Crippen molar-refractivity contribution in [1.29, 1.82) is 0 Å². The highest BCUT2D eigenvalue weighted by atomic mass is 16.5. The van der Waals surface area contributed by atoms with Crippen molar-refractivity contribution in [3.05, 3.63) is 48.2 Å². The van der Waals surface area contributed by atoms with Crippen molar-refractivity contribution < 1.29 is 9.53 Å². The van der Waals surface area contributed by atoms with Crippen LogP contribution in [-0.4, -0.2) is 78.5 Å². The van der Waals surface area contributed by atoms with E-state index in [4.69, 9.17) is 16.1 Å². The first-order chi connectivity index (χ1) is 17.5. The smallest absolute Gasteiger partial charge is 0.245 e. The van der Waals surface area contributed by atoms with E-state index < -0.39 is 0 Å². The summed E-state index contributed by atoms with van der Waals surface area (Å²) in [7, 11) is 0. The molecule has 3 aliphatic rings. The van der Waals surface area contributed by atoms with E-state index >= 15 is 0 Å². The summed E-state index contributed by atoms with van der Waals surface area (Å²) in [5.74, 6) is 4.76. The number of aromatic amines is 1. The van der Waals surface area contributed by atoms with E-state index in [0.717, 1.165) is 90.5 Å². The minimum atomic E-state index is 0.00166. The summed E-state index contributed by atoms with van der Waals surface area (Å²) in [5.41, 5.74) is 5.10. The average molecular weight is 483 g/mol. The van der Waals surface area contributed by atoms with Gasteiger partial charge < -0.3 is 19.4 Å². The second-order valence-electron chi connectivity index (χ2n) is 10.1. The number of hydrogen-bond donors (Lipinski definition) is 1. The Balaban J connectivity index is 1.45. The minimum absolute atomic E-state index is 0.00166. The van der Waals surface area contributed by atoms with E-state index in [9.17, 15) is 4.79 Å². The number of aromatic nitrogens is 3. The van der Waals surface area contributed by atoms with Gasteiger partial charge in [-0.3, -0.25) is 9.89 Å². The largest absolute Gasteiger partial charge is 0.378 e. The molecule has 0 saturated carbocycles. The maximum Gasteiger partial charge on any atom is 0.245 e. The Morgan fingerprint density at radius 2 is 2.03 bits per heavy atom. The molecule has 6 rings (SSSR count). The number of carbonyl (C=O) groups excluding carboxylic acids is 1. The van der Waals surface area contributed by atoms with E-state index in [1.54, 1.807) is 0 Å². The highest BCUT2D eigenvalue weighted by molar-refractivity contribution is 5.99. The number of fused-ring (bicyclic) bond motifs is 1. The molecule has 0 aliphatic carbocycles. The lowest BCUT2D eigenvalue weighted by molar-refractivity contribution is -0.136. The van der Waals surface area contributed by atoms with E-state index in [0.29, 0.717) is 13.2 Å². The molecule has 3 saturated heterocycles. The summed E-state index contributed by atoms with van der Waals surface area (Å²) in [6.45, 7) is 11.9. The second-order valence-corrected chi connectivity index (χ2v) is 10.1. The number of ether oxygens (including phenoxy) is 1. The molecule has 1 amide bonds. The molecule has 3 aromatic rings. The maximum atomic E-state index is 12.1. The summed E-state index contributed by atoms with van der Waals surface area (Å²) in [6.07, 6.45) is 10.5. The third kappa shape index (κ3) is 3.62. The predicted octanol–water partition coefficient (Wildman–Crippen LogP) is 2.98. The summed E-state index contributed by atoms with van der Waals surface area (Å²) < 4.78 is 5.60. The Hall–Kier alpha value is -3.83. The highest BCUT2D eigenvalue weighted by Gasteiger charge is 2.49. The lowest BCUT2D eigenvalue weighted by atomic mass is 9.79. The molecule has 8 heteroatoms. The number of nitrogens with zero attached hydrogens (tertiary/aromatic N) is 5. The molecular formula is C28H30N6O2. The van der Waals surface area contributed by atoms with Crippen molar-refractivity contribution in [1.82, 2.24) is 20.1 Å². The molecule has 3 aliphatic heterocycles. The first-order valence-electron chi connectivity index (χ1n) is 12.5. The zero-order valence-corrected chi connectivity index (χ0v) is 20.6. The Morgan fingerprint density at radius 1 is 1.22 bits per heavy atom. The van der Waals surface area contributed by atoms with Gasteiger partial charge >= 0.3 is 0 Å². The number of rotatable bonds is 4. The van der Waals surface area contributed by atoms with Gasteiger partial charge in [0.1, 0.15) is 11.6 Å². The molecule has 0 atom stereocenters. The SMILES string of the molecule is C#Cc1c(-c2c(C)ccc3[nH]ncc23)cc(N2CCOCC2)nc1N1CCC2(CN(C(=O)C=C)C2)C1. The third-order valence-corrected chi connectivity index (χ3v) is 7.84. The van der Waals surface area contributed by atoms with Gasteiger partial charge in [0.25, 0.3) is 0 Å². The van der Waals surface area contributed by atoms with Crippen molar-refractivity contribution >= 4 is 28.4 Å². The van der Waals surface area contributed by atoms with Gasteiger partial charge in [0, 0.05) is 55.6 Å². The Bertz CT molecular complexity index is 1390. The van der Waals surface area contributed by atoms with E-state index in [-0.39, 0.29) is 11.3 Å². The first kappa shape index (κ1) is 22.6. The molecule has 3 fully saturated rings. The van der Waals surface area contributed by atoms with Crippen molar-refractivity contribution in [2.75, 3.05) is 62.3 Å². The topological polar surface area (TPSA) is 77.6 Å². The number of anilines is 2. The fraction of sp³-hybridized carbons (Fsp3) is 0.393. The molecule has 0 unspecified atom stereocenters. The number of H-pyrrole nitrogens is 1. The molecule has 1 N–H and O–H groups in total. The van der Waals surface area contributed by atoms with Crippen LogP contribution in [0, 0.1) is 24.7 Å². The van der Waals surface area contributed by atoms with Crippen LogP contribution in [0.4, 0.5) is 11.6 Å². The third-order valence-electron chi connectivity index (χ3n) is 7.84. The molecular weight excluding hydrogens is 452 g/mol. The lowest BCUT2D eigenvalue weighted by Gasteiger charge is -2.47. The van der Waals surface area contributed by atoms with Crippen LogP contribution in [0.3, 0.4) is 0 Å². The first-order valence-corrected chi connectivity index (χ1v) is 12.5. The Labute approximate surface area is 210 Å². The van der Waals surface area contributed by atoms with Gasteiger partial charge in [-0.2, -0.15) is 5.10 Å². The van der Waals surface area contributed by atoms with Gasteiger partial charge in [0.05, 0.1) is 30.5 Å². The number of terminal acetylenes is 1. The maximum absolute atomic E-state index is 12.1. The summed E-state index contributed by atoms with van der Waals surface area (Å²) in [4.78, 5) is 23.7. The number of aryl methyl sites for hydroxylation is 1. The molecule has 36 heavy (non-hydrogen) atoms. The molecule has 5 heterocycles. The Morgan fingerprint density at radius 3 is 2.78 bits per heavy atom. The lowest BCUT2D eigenvalue weighted by Crippen LogP contribution is -2.59. The standard InChI is InChI=1S/C28H30N6O2/c1-4-20-21(26-19(3)6-7-23-22(26)15-29-31-23)14-24(32-10-12-36-13-11-32)30-27(20)33-9-8-28(16-33)17-34(18-28)25(35)5-2/h1,5-7,14-15H,2,8-13,16-18H2,3H3,(H,29,31). The van der Waals surface area contributed by atoms with Crippen LogP contribution in [0.5, 0.6) is 0 Å². The van der Waals surface area contributed by atoms with Crippen LogP contribution in [-0.2, 0) is 9.53 Å². The predicted molar refractivity (Wildman–Crippen MR) is 141 cm³/mol. The van der Waals surface area contributed by atoms with Crippen molar-refractivity contribution in [2.45, 2.75) is 13.3 Å². The molecule has 1 spiro atoms. The van der Waals surface area contributed by atoms with Crippen molar-refractivity contribution in [3.8, 4) is 23.5 Å². The van der Waals surface area contributed by atoms with Crippen LogP contribution >= 0.6 is 0 Å². The summed E-state index contributed by atoms with van der Waals surface area (Å²) in [5, 5.41) is 8.43. The van der Waals surface area contributed by atoms with Gasteiger partial charge in [-0.05, 0) is 42.7 Å². The van der Waals surface area contributed by atoms with Crippen molar-refractivity contribution in [2.24, 2.45) is 5.41 Å². The van der Waals surface area contributed by atoms with Crippen LogP contribution < -0.4 is 9.80 Å². The number of benzene rings is 1. The molecule has 184 valence electrons. The van der Waals surface area contributed by atoms with Gasteiger partial charge in [0.2, 0.25) is 5.91 Å². The van der Waals surface area contributed by atoms with E-state index in [1.165, 1.54) is 6.08 Å². The average Bonchev–Trinajstić information content (AvgIpc) is 3.55. The number of nitrogens with one attached hydrogen (secondary N) is 1. The van der Waals surface area contributed by atoms with E-state index in [1.807, 2.05) is 11.1 Å².